The fraction of sp³-hybridized carbons (Fsp3) is 0.438. The minimum absolute atomic E-state index is 0.646. The Kier molecular flexibility index (Phi) is 5.49. The average molecular weight is 285 g/mol. The van der Waals surface area contributed by atoms with Gasteiger partial charge in [-0.3, -0.25) is 0 Å². The Bertz CT molecular complexity index is 552. The quantitative estimate of drug-likeness (QED) is 0.846. The van der Waals surface area contributed by atoms with Crippen molar-refractivity contribution in [3.05, 3.63) is 30.3 Å². The van der Waals surface area contributed by atoms with Crippen LogP contribution < -0.4 is 10.2 Å². The van der Waals surface area contributed by atoms with Crippen LogP contribution >= 0.6 is 0 Å². The Balaban J connectivity index is 2.41. The number of nitrogens with one attached hydrogen (secondary N) is 1. The van der Waals surface area contributed by atoms with Crippen LogP contribution in [0.15, 0.2) is 30.3 Å². The summed E-state index contributed by atoms with van der Waals surface area (Å²) in [5.74, 6) is 2.09. The molecule has 0 aliphatic heterocycles. The number of hydrogen-bond donors (Lipinski definition) is 1. The molecular weight excluding hydrogens is 262 g/mol. The largest absolute Gasteiger partial charge is 0.354 e. The van der Waals surface area contributed by atoms with Gasteiger partial charge in [-0.25, -0.2) is 0 Å². The van der Waals surface area contributed by atoms with E-state index < -0.39 is 0 Å². The second-order valence-corrected chi connectivity index (χ2v) is 4.75. The van der Waals surface area contributed by atoms with Crippen molar-refractivity contribution >= 4 is 11.9 Å². The summed E-state index contributed by atoms with van der Waals surface area (Å²) in [4.78, 5) is 15.8. The van der Waals surface area contributed by atoms with Gasteiger partial charge in [0.2, 0.25) is 11.9 Å². The van der Waals surface area contributed by atoms with Crippen LogP contribution in [0.2, 0.25) is 0 Å². The zero-order valence-corrected chi connectivity index (χ0v) is 13.0. The van der Waals surface area contributed by atoms with Crippen LogP contribution in [0.4, 0.5) is 11.9 Å². The zero-order valence-electron chi connectivity index (χ0n) is 13.0. The Morgan fingerprint density at radius 2 is 1.67 bits per heavy atom. The molecule has 112 valence electrons. The van der Waals surface area contributed by atoms with Gasteiger partial charge < -0.3 is 10.2 Å². The second-order valence-electron chi connectivity index (χ2n) is 4.75. The number of anilines is 2. The standard InChI is InChI=1S/C16H23N5/c1-4-12-17-15-18-14(13-10-8-7-9-11-13)19-16(20-15)21(5-2)6-3/h7-11H,4-6,12H2,1-3H3,(H,17,18,19,20). The van der Waals surface area contributed by atoms with Gasteiger partial charge in [0, 0.05) is 25.2 Å². The van der Waals surface area contributed by atoms with E-state index >= 15 is 0 Å². The van der Waals surface area contributed by atoms with Gasteiger partial charge >= 0.3 is 0 Å². The molecule has 0 saturated heterocycles. The highest BCUT2D eigenvalue weighted by Crippen LogP contribution is 2.19. The Labute approximate surface area is 126 Å². The van der Waals surface area contributed by atoms with Crippen molar-refractivity contribution in [3.63, 3.8) is 0 Å². The highest BCUT2D eigenvalue weighted by Gasteiger charge is 2.12. The first-order valence-electron chi connectivity index (χ1n) is 7.58. The summed E-state index contributed by atoms with van der Waals surface area (Å²) >= 11 is 0. The first-order chi connectivity index (χ1) is 10.3. The Hall–Kier alpha value is -2.17. The smallest absolute Gasteiger partial charge is 0.230 e. The maximum absolute atomic E-state index is 4.62. The van der Waals surface area contributed by atoms with Crippen molar-refractivity contribution in [2.24, 2.45) is 0 Å². The predicted molar refractivity (Wildman–Crippen MR) is 87.6 cm³/mol. The molecule has 2 rings (SSSR count). The van der Waals surface area contributed by atoms with Crippen molar-refractivity contribution < 1.29 is 0 Å². The summed E-state index contributed by atoms with van der Waals surface area (Å²) in [6, 6.07) is 10.0. The molecule has 0 radical (unpaired) electrons. The van der Waals surface area contributed by atoms with Gasteiger partial charge in [-0.05, 0) is 20.3 Å². The molecule has 0 fully saturated rings. The SMILES string of the molecule is CCCNc1nc(-c2ccccc2)nc(N(CC)CC)n1. The molecule has 5 nitrogen and oxygen atoms in total. The fourth-order valence-electron chi connectivity index (χ4n) is 2.04. The third-order valence-corrected chi connectivity index (χ3v) is 3.23. The van der Waals surface area contributed by atoms with E-state index in [1.165, 1.54) is 0 Å². The summed E-state index contributed by atoms with van der Waals surface area (Å²) in [7, 11) is 0. The van der Waals surface area contributed by atoms with E-state index in [0.717, 1.165) is 37.6 Å². The van der Waals surface area contributed by atoms with E-state index in [9.17, 15) is 0 Å². The molecule has 0 amide bonds. The molecule has 0 aliphatic rings. The number of aromatic nitrogens is 3. The number of hydrogen-bond acceptors (Lipinski definition) is 5. The van der Waals surface area contributed by atoms with Crippen LogP contribution in [0, 0.1) is 0 Å². The lowest BCUT2D eigenvalue weighted by atomic mass is 10.2. The van der Waals surface area contributed by atoms with Gasteiger partial charge in [-0.1, -0.05) is 37.3 Å². The topological polar surface area (TPSA) is 53.9 Å². The molecule has 1 N–H and O–H groups in total. The summed E-state index contributed by atoms with van der Waals surface area (Å²) in [5, 5.41) is 3.26. The monoisotopic (exact) mass is 285 g/mol. The van der Waals surface area contributed by atoms with Gasteiger partial charge in [0.05, 0.1) is 0 Å². The highest BCUT2D eigenvalue weighted by molar-refractivity contribution is 5.58. The minimum Gasteiger partial charge on any atom is -0.354 e. The van der Waals surface area contributed by atoms with Gasteiger partial charge in [-0.2, -0.15) is 15.0 Å². The normalized spacial score (nSPS) is 10.4. The molecule has 0 aliphatic carbocycles. The maximum atomic E-state index is 4.62. The first kappa shape index (κ1) is 15.2. The number of benzene rings is 1. The van der Waals surface area contributed by atoms with E-state index in [-0.39, 0.29) is 0 Å². The summed E-state index contributed by atoms with van der Waals surface area (Å²) < 4.78 is 0. The summed E-state index contributed by atoms with van der Waals surface area (Å²) in [6.07, 6.45) is 1.03. The Morgan fingerprint density at radius 1 is 0.952 bits per heavy atom. The molecule has 1 aromatic carbocycles. The molecule has 1 aromatic heterocycles. The average Bonchev–Trinajstić information content (AvgIpc) is 2.55. The highest BCUT2D eigenvalue weighted by atomic mass is 15.3. The van der Waals surface area contributed by atoms with E-state index in [2.05, 4.69) is 45.9 Å². The molecule has 0 atom stereocenters. The second kappa shape index (κ2) is 7.57. The van der Waals surface area contributed by atoms with Crippen molar-refractivity contribution in [2.75, 3.05) is 29.9 Å². The van der Waals surface area contributed by atoms with Crippen molar-refractivity contribution in [1.29, 1.82) is 0 Å². The zero-order chi connectivity index (χ0) is 15.1. The van der Waals surface area contributed by atoms with E-state index in [0.29, 0.717) is 11.8 Å². The summed E-state index contributed by atoms with van der Waals surface area (Å²) in [6.45, 7) is 8.95. The van der Waals surface area contributed by atoms with Crippen LogP contribution in [0.25, 0.3) is 11.4 Å². The van der Waals surface area contributed by atoms with Crippen LogP contribution in [0.5, 0.6) is 0 Å². The molecule has 0 bridgehead atoms. The lowest BCUT2D eigenvalue weighted by molar-refractivity contribution is 0.812. The molecule has 0 saturated carbocycles. The van der Waals surface area contributed by atoms with Crippen LogP contribution in [-0.4, -0.2) is 34.6 Å². The lowest BCUT2D eigenvalue weighted by Crippen LogP contribution is -2.25. The van der Waals surface area contributed by atoms with Crippen LogP contribution in [0.1, 0.15) is 27.2 Å². The van der Waals surface area contributed by atoms with Crippen molar-refractivity contribution in [3.8, 4) is 11.4 Å². The van der Waals surface area contributed by atoms with Crippen LogP contribution in [0.3, 0.4) is 0 Å². The van der Waals surface area contributed by atoms with E-state index in [1.807, 2.05) is 30.3 Å². The predicted octanol–water partition coefficient (Wildman–Crippen LogP) is 3.21. The number of rotatable bonds is 7. The van der Waals surface area contributed by atoms with Crippen LogP contribution in [-0.2, 0) is 0 Å². The third-order valence-electron chi connectivity index (χ3n) is 3.23. The van der Waals surface area contributed by atoms with Gasteiger partial charge in [-0.15, -0.1) is 0 Å². The maximum Gasteiger partial charge on any atom is 0.230 e. The Morgan fingerprint density at radius 3 is 2.29 bits per heavy atom. The molecule has 2 aromatic rings. The van der Waals surface area contributed by atoms with Gasteiger partial charge in [0.15, 0.2) is 5.82 Å². The number of nitrogens with zero attached hydrogens (tertiary/aromatic N) is 4. The third kappa shape index (κ3) is 3.90. The molecule has 1 heterocycles. The lowest BCUT2D eigenvalue weighted by Gasteiger charge is -2.19. The summed E-state index contributed by atoms with van der Waals surface area (Å²) in [5.41, 5.74) is 1.01. The fourth-order valence-corrected chi connectivity index (χ4v) is 2.04. The van der Waals surface area contributed by atoms with Gasteiger partial charge in [0.1, 0.15) is 0 Å². The van der Waals surface area contributed by atoms with Gasteiger partial charge in [0.25, 0.3) is 0 Å². The minimum atomic E-state index is 0.646. The molecule has 21 heavy (non-hydrogen) atoms. The van der Waals surface area contributed by atoms with Crippen molar-refractivity contribution in [2.45, 2.75) is 27.2 Å². The van der Waals surface area contributed by atoms with E-state index in [1.54, 1.807) is 0 Å². The molecule has 0 spiro atoms. The van der Waals surface area contributed by atoms with Crippen molar-refractivity contribution in [1.82, 2.24) is 15.0 Å². The molecule has 5 heteroatoms. The van der Waals surface area contributed by atoms with E-state index in [4.69, 9.17) is 0 Å². The first-order valence-corrected chi connectivity index (χ1v) is 7.58. The molecule has 0 unspecified atom stereocenters. The molecular formula is C16H23N5.